The number of nitrogen functional groups attached to an aromatic ring is 1. The minimum atomic E-state index is -3.51. The third-order valence-electron chi connectivity index (χ3n) is 3.39. The molecule has 20 heavy (non-hydrogen) atoms. The summed E-state index contributed by atoms with van der Waals surface area (Å²) in [5.41, 5.74) is 6.65. The Morgan fingerprint density at radius 3 is 2.45 bits per heavy atom. The quantitative estimate of drug-likeness (QED) is 0.830. The fraction of sp³-hybridized carbons (Fsp3) is 0.538. The van der Waals surface area contributed by atoms with Crippen molar-refractivity contribution in [3.63, 3.8) is 0 Å². The number of anilines is 2. The molecule has 1 saturated heterocycles. The highest BCUT2D eigenvalue weighted by Gasteiger charge is 2.23. The normalized spacial score (nSPS) is 17.4. The van der Waals surface area contributed by atoms with Crippen LogP contribution in [0.4, 0.5) is 11.4 Å². The zero-order chi connectivity index (χ0) is 14.6. The monoisotopic (exact) mass is 299 g/mol. The maximum Gasteiger partial charge on any atom is 0.301 e. The lowest BCUT2D eigenvalue weighted by Gasteiger charge is -2.21. The van der Waals surface area contributed by atoms with E-state index in [2.05, 4.69) is 4.72 Å². The average molecular weight is 299 g/mol. The summed E-state index contributed by atoms with van der Waals surface area (Å²) in [6, 6.07) is 4.84. The molecule has 0 aromatic heterocycles. The smallest absolute Gasteiger partial charge is 0.301 e. The zero-order valence-corrected chi connectivity index (χ0v) is 12.4. The molecule has 0 amide bonds. The van der Waals surface area contributed by atoms with Crippen molar-refractivity contribution in [1.29, 1.82) is 0 Å². The first-order valence-electron chi connectivity index (χ1n) is 6.74. The van der Waals surface area contributed by atoms with Gasteiger partial charge >= 0.3 is 10.2 Å². The summed E-state index contributed by atoms with van der Waals surface area (Å²) in [4.78, 5) is 0. The SMILES string of the molecule is COc1cc(NS(=O)(=O)N2CCCCCC2)ccc1N. The summed E-state index contributed by atoms with van der Waals surface area (Å²) in [6.45, 7) is 1.14. The first-order valence-corrected chi connectivity index (χ1v) is 8.18. The molecule has 0 atom stereocenters. The summed E-state index contributed by atoms with van der Waals surface area (Å²) in [5.74, 6) is 0.459. The number of nitrogens with one attached hydrogen (secondary N) is 1. The van der Waals surface area contributed by atoms with Crippen molar-refractivity contribution in [2.45, 2.75) is 25.7 Å². The number of nitrogens with two attached hydrogens (primary N) is 1. The highest BCUT2D eigenvalue weighted by atomic mass is 32.2. The number of benzene rings is 1. The molecule has 112 valence electrons. The standard InChI is InChI=1S/C13H21N3O3S/c1-19-13-10-11(6-7-12(13)14)15-20(17,18)16-8-4-2-3-5-9-16/h6-7,10,15H,2-5,8-9,14H2,1H3. The first kappa shape index (κ1) is 14.9. The van der Waals surface area contributed by atoms with Crippen molar-refractivity contribution in [2.75, 3.05) is 30.7 Å². The largest absolute Gasteiger partial charge is 0.495 e. The van der Waals surface area contributed by atoms with Crippen LogP contribution in [0.25, 0.3) is 0 Å². The van der Waals surface area contributed by atoms with Crippen LogP contribution in [0.1, 0.15) is 25.7 Å². The van der Waals surface area contributed by atoms with Gasteiger partial charge in [-0.1, -0.05) is 12.8 Å². The van der Waals surface area contributed by atoms with Gasteiger partial charge in [-0.15, -0.1) is 0 Å². The third kappa shape index (κ3) is 3.55. The topological polar surface area (TPSA) is 84.7 Å². The third-order valence-corrected chi connectivity index (χ3v) is 4.92. The predicted octanol–water partition coefficient (Wildman–Crippen LogP) is 1.81. The van der Waals surface area contributed by atoms with Crippen LogP contribution in [0.5, 0.6) is 5.75 Å². The lowest BCUT2D eigenvalue weighted by Crippen LogP contribution is -2.36. The minimum absolute atomic E-state index is 0.459. The molecule has 0 unspecified atom stereocenters. The van der Waals surface area contributed by atoms with E-state index in [1.54, 1.807) is 18.2 Å². The van der Waals surface area contributed by atoms with Gasteiger partial charge in [0.1, 0.15) is 5.75 Å². The van der Waals surface area contributed by atoms with E-state index in [0.29, 0.717) is 30.2 Å². The molecule has 2 rings (SSSR count). The van der Waals surface area contributed by atoms with E-state index < -0.39 is 10.2 Å². The van der Waals surface area contributed by atoms with E-state index in [1.807, 2.05) is 0 Å². The lowest BCUT2D eigenvalue weighted by atomic mass is 10.2. The maximum atomic E-state index is 12.3. The molecule has 0 aliphatic carbocycles. The molecule has 1 aliphatic rings. The van der Waals surface area contributed by atoms with E-state index in [-0.39, 0.29) is 0 Å². The Labute approximate surface area is 120 Å². The van der Waals surface area contributed by atoms with Gasteiger partial charge in [0, 0.05) is 19.2 Å². The van der Waals surface area contributed by atoms with E-state index in [4.69, 9.17) is 10.5 Å². The first-order chi connectivity index (χ1) is 9.53. The Kier molecular flexibility index (Phi) is 4.72. The summed E-state index contributed by atoms with van der Waals surface area (Å²) >= 11 is 0. The number of hydrogen-bond donors (Lipinski definition) is 2. The van der Waals surface area contributed by atoms with Crippen LogP contribution >= 0.6 is 0 Å². The summed E-state index contributed by atoms with van der Waals surface area (Å²) in [6.07, 6.45) is 3.99. The van der Waals surface area contributed by atoms with Gasteiger partial charge in [-0.3, -0.25) is 4.72 Å². The van der Waals surface area contributed by atoms with Crippen LogP contribution in [0.3, 0.4) is 0 Å². The van der Waals surface area contributed by atoms with Gasteiger partial charge < -0.3 is 10.5 Å². The molecular weight excluding hydrogens is 278 g/mol. The summed E-state index contributed by atoms with van der Waals surface area (Å²) < 4.78 is 33.8. The van der Waals surface area contributed by atoms with Crippen molar-refractivity contribution in [3.05, 3.63) is 18.2 Å². The number of nitrogens with zero attached hydrogens (tertiary/aromatic N) is 1. The Hall–Kier alpha value is -1.47. The summed E-state index contributed by atoms with van der Waals surface area (Å²) in [5, 5.41) is 0. The lowest BCUT2D eigenvalue weighted by molar-refractivity contribution is 0.417. The maximum absolute atomic E-state index is 12.3. The second-order valence-corrected chi connectivity index (χ2v) is 6.55. The number of ether oxygens (including phenoxy) is 1. The molecule has 3 N–H and O–H groups in total. The zero-order valence-electron chi connectivity index (χ0n) is 11.6. The van der Waals surface area contributed by atoms with E-state index in [9.17, 15) is 8.42 Å². The van der Waals surface area contributed by atoms with E-state index >= 15 is 0 Å². The van der Waals surface area contributed by atoms with Crippen molar-refractivity contribution in [2.24, 2.45) is 0 Å². The fourth-order valence-electron chi connectivity index (χ4n) is 2.27. The van der Waals surface area contributed by atoms with Crippen LogP contribution in [0.2, 0.25) is 0 Å². The van der Waals surface area contributed by atoms with Crippen LogP contribution in [0, 0.1) is 0 Å². The minimum Gasteiger partial charge on any atom is -0.495 e. The molecule has 1 fully saturated rings. The Bertz CT molecular complexity index is 552. The molecule has 7 heteroatoms. The Morgan fingerprint density at radius 2 is 1.85 bits per heavy atom. The van der Waals surface area contributed by atoms with Gasteiger partial charge in [0.15, 0.2) is 0 Å². The number of rotatable bonds is 4. The molecule has 1 aliphatic heterocycles. The molecule has 1 aromatic rings. The van der Waals surface area contributed by atoms with Crippen molar-refractivity contribution in [1.82, 2.24) is 4.31 Å². The predicted molar refractivity (Wildman–Crippen MR) is 80.0 cm³/mol. The number of methoxy groups -OCH3 is 1. The van der Waals surface area contributed by atoms with Gasteiger partial charge in [0.25, 0.3) is 0 Å². The number of hydrogen-bond acceptors (Lipinski definition) is 4. The van der Waals surface area contributed by atoms with Crippen molar-refractivity contribution >= 4 is 21.6 Å². The molecule has 0 saturated carbocycles. The molecule has 6 nitrogen and oxygen atoms in total. The Morgan fingerprint density at radius 1 is 1.20 bits per heavy atom. The average Bonchev–Trinajstić information content (AvgIpc) is 2.70. The van der Waals surface area contributed by atoms with Crippen LogP contribution < -0.4 is 15.2 Å². The second-order valence-electron chi connectivity index (χ2n) is 4.88. The van der Waals surface area contributed by atoms with Crippen molar-refractivity contribution in [3.8, 4) is 5.75 Å². The van der Waals surface area contributed by atoms with Gasteiger partial charge in [-0.25, -0.2) is 0 Å². The van der Waals surface area contributed by atoms with E-state index in [0.717, 1.165) is 25.7 Å². The fourth-order valence-corrected chi connectivity index (χ4v) is 3.56. The molecule has 1 aromatic carbocycles. The second kappa shape index (κ2) is 6.32. The molecular formula is C13H21N3O3S. The van der Waals surface area contributed by atoms with Gasteiger partial charge in [0.05, 0.1) is 18.5 Å². The van der Waals surface area contributed by atoms with Gasteiger partial charge in [-0.2, -0.15) is 12.7 Å². The van der Waals surface area contributed by atoms with Crippen LogP contribution in [-0.2, 0) is 10.2 Å². The molecule has 0 bridgehead atoms. The van der Waals surface area contributed by atoms with Gasteiger partial charge in [-0.05, 0) is 25.0 Å². The molecule has 0 radical (unpaired) electrons. The van der Waals surface area contributed by atoms with E-state index in [1.165, 1.54) is 11.4 Å². The molecule has 1 heterocycles. The van der Waals surface area contributed by atoms with Gasteiger partial charge in [0.2, 0.25) is 0 Å². The van der Waals surface area contributed by atoms with Crippen LogP contribution in [0.15, 0.2) is 18.2 Å². The van der Waals surface area contributed by atoms with Crippen molar-refractivity contribution < 1.29 is 13.2 Å². The molecule has 0 spiro atoms. The van der Waals surface area contributed by atoms with Crippen LogP contribution in [-0.4, -0.2) is 32.9 Å². The summed E-state index contributed by atoms with van der Waals surface area (Å²) in [7, 11) is -2.01. The Balaban J connectivity index is 2.14. The highest BCUT2D eigenvalue weighted by molar-refractivity contribution is 7.90. The highest BCUT2D eigenvalue weighted by Crippen LogP contribution is 2.26.